The molecule has 0 radical (unpaired) electrons. The van der Waals surface area contributed by atoms with Crippen molar-refractivity contribution in [2.45, 2.75) is 38.8 Å². The number of rotatable bonds is 5. The lowest BCUT2D eigenvalue weighted by atomic mass is 10.1. The fourth-order valence-electron chi connectivity index (χ4n) is 1.81. The van der Waals surface area contributed by atoms with Gasteiger partial charge < -0.3 is 0 Å². The topological polar surface area (TPSA) is 30.7 Å². The molecule has 0 aliphatic heterocycles. The molecule has 2 rings (SSSR count). The van der Waals surface area contributed by atoms with Crippen LogP contribution < -0.4 is 0 Å². The monoisotopic (exact) mass is 261 g/mol. The van der Waals surface area contributed by atoms with Gasteiger partial charge in [-0.15, -0.1) is 10.2 Å². The number of aromatic nitrogens is 3. The summed E-state index contributed by atoms with van der Waals surface area (Å²) < 4.78 is 2.12. The molecule has 3 nitrogen and oxygen atoms in total. The van der Waals surface area contributed by atoms with Crippen LogP contribution >= 0.6 is 11.8 Å². The Labute approximate surface area is 113 Å². The molecule has 1 aromatic heterocycles. The first kappa shape index (κ1) is 13.1. The van der Waals surface area contributed by atoms with Gasteiger partial charge in [0.25, 0.3) is 0 Å². The van der Waals surface area contributed by atoms with E-state index in [0.717, 1.165) is 35.3 Å². The van der Waals surface area contributed by atoms with Crippen LogP contribution in [0, 0.1) is 6.92 Å². The number of aryl methyl sites for hydroxylation is 2. The summed E-state index contributed by atoms with van der Waals surface area (Å²) in [5.41, 5.74) is 2.50. The van der Waals surface area contributed by atoms with E-state index in [4.69, 9.17) is 0 Å². The molecular weight excluding hydrogens is 242 g/mol. The van der Waals surface area contributed by atoms with Gasteiger partial charge in [-0.05, 0) is 37.5 Å². The first-order chi connectivity index (χ1) is 8.76. The molecule has 96 valence electrons. The Morgan fingerprint density at radius 1 is 1.11 bits per heavy atom. The third-order valence-corrected chi connectivity index (χ3v) is 3.97. The van der Waals surface area contributed by atoms with Gasteiger partial charge in [0, 0.05) is 11.4 Å². The second-order valence-electron chi connectivity index (χ2n) is 4.23. The molecule has 2 aromatic rings. The molecule has 0 spiro atoms. The minimum absolute atomic E-state index is 0.942. The molecule has 0 unspecified atom stereocenters. The highest BCUT2D eigenvalue weighted by Gasteiger charge is 2.10. The van der Waals surface area contributed by atoms with Crippen molar-refractivity contribution >= 4 is 11.8 Å². The summed E-state index contributed by atoms with van der Waals surface area (Å²) in [7, 11) is 0. The lowest BCUT2D eigenvalue weighted by Crippen LogP contribution is -1.99. The Morgan fingerprint density at radius 2 is 1.83 bits per heavy atom. The Kier molecular flexibility index (Phi) is 4.42. The van der Waals surface area contributed by atoms with E-state index in [1.165, 1.54) is 5.56 Å². The fourth-order valence-corrected chi connectivity index (χ4v) is 2.66. The van der Waals surface area contributed by atoms with Crippen molar-refractivity contribution in [3.8, 4) is 5.69 Å². The molecule has 0 amide bonds. The zero-order chi connectivity index (χ0) is 13.0. The maximum absolute atomic E-state index is 4.25. The van der Waals surface area contributed by atoms with E-state index in [-0.39, 0.29) is 0 Å². The highest BCUT2D eigenvalue weighted by molar-refractivity contribution is 7.99. The Morgan fingerprint density at radius 3 is 2.44 bits per heavy atom. The smallest absolute Gasteiger partial charge is 0.195 e. The van der Waals surface area contributed by atoms with Crippen LogP contribution in [0.15, 0.2) is 29.4 Å². The standard InChI is InChI=1S/C14H19N3S/c1-4-10-18-14-16-15-11(3)17(14)13-8-6-12(5-2)7-9-13/h6-9H,4-5,10H2,1-3H3. The summed E-state index contributed by atoms with van der Waals surface area (Å²) in [6.07, 6.45) is 2.21. The third kappa shape index (κ3) is 2.75. The largest absolute Gasteiger partial charge is 0.274 e. The van der Waals surface area contributed by atoms with Crippen LogP contribution in [-0.2, 0) is 6.42 Å². The molecule has 0 fully saturated rings. The van der Waals surface area contributed by atoms with E-state index in [2.05, 4.69) is 52.9 Å². The summed E-state index contributed by atoms with van der Waals surface area (Å²) in [6, 6.07) is 8.63. The van der Waals surface area contributed by atoms with Crippen molar-refractivity contribution < 1.29 is 0 Å². The Balaban J connectivity index is 2.32. The van der Waals surface area contributed by atoms with E-state index >= 15 is 0 Å². The van der Waals surface area contributed by atoms with Crippen molar-refractivity contribution in [2.24, 2.45) is 0 Å². The number of nitrogens with zero attached hydrogens (tertiary/aromatic N) is 3. The van der Waals surface area contributed by atoms with E-state index in [1.54, 1.807) is 11.8 Å². The number of thioether (sulfide) groups is 1. The minimum atomic E-state index is 0.942. The maximum Gasteiger partial charge on any atom is 0.195 e. The van der Waals surface area contributed by atoms with Crippen molar-refractivity contribution in [3.63, 3.8) is 0 Å². The second-order valence-corrected chi connectivity index (χ2v) is 5.30. The molecular formula is C14H19N3S. The van der Waals surface area contributed by atoms with Crippen molar-refractivity contribution in [3.05, 3.63) is 35.7 Å². The zero-order valence-corrected chi connectivity index (χ0v) is 12.0. The first-order valence-corrected chi connectivity index (χ1v) is 7.39. The summed E-state index contributed by atoms with van der Waals surface area (Å²) in [4.78, 5) is 0. The van der Waals surface area contributed by atoms with Crippen molar-refractivity contribution in [1.29, 1.82) is 0 Å². The van der Waals surface area contributed by atoms with Crippen LogP contribution in [-0.4, -0.2) is 20.5 Å². The van der Waals surface area contributed by atoms with Gasteiger partial charge in [0.15, 0.2) is 5.16 Å². The third-order valence-electron chi connectivity index (χ3n) is 2.83. The Hall–Kier alpha value is -1.29. The van der Waals surface area contributed by atoms with E-state index < -0.39 is 0 Å². The van der Waals surface area contributed by atoms with Gasteiger partial charge in [-0.25, -0.2) is 0 Å². The zero-order valence-electron chi connectivity index (χ0n) is 11.2. The molecule has 0 atom stereocenters. The Bertz CT molecular complexity index is 502. The lowest BCUT2D eigenvalue weighted by molar-refractivity contribution is 0.865. The van der Waals surface area contributed by atoms with Gasteiger partial charge in [0.1, 0.15) is 5.82 Å². The molecule has 0 saturated carbocycles. The van der Waals surface area contributed by atoms with Crippen LogP contribution in [0.5, 0.6) is 0 Å². The average Bonchev–Trinajstić information content (AvgIpc) is 2.77. The number of hydrogen-bond acceptors (Lipinski definition) is 3. The van der Waals surface area contributed by atoms with E-state index in [0.29, 0.717) is 0 Å². The maximum atomic E-state index is 4.25. The van der Waals surface area contributed by atoms with Gasteiger partial charge >= 0.3 is 0 Å². The normalized spacial score (nSPS) is 10.8. The molecule has 0 saturated heterocycles. The van der Waals surface area contributed by atoms with Gasteiger partial charge in [-0.2, -0.15) is 0 Å². The summed E-state index contributed by atoms with van der Waals surface area (Å²) in [6.45, 7) is 6.34. The molecule has 18 heavy (non-hydrogen) atoms. The first-order valence-electron chi connectivity index (χ1n) is 6.40. The van der Waals surface area contributed by atoms with Crippen LogP contribution in [0.4, 0.5) is 0 Å². The minimum Gasteiger partial charge on any atom is -0.274 e. The second kappa shape index (κ2) is 6.05. The van der Waals surface area contributed by atoms with Crippen LogP contribution in [0.3, 0.4) is 0 Å². The molecule has 0 bridgehead atoms. The predicted octanol–water partition coefficient (Wildman–Crippen LogP) is 3.64. The van der Waals surface area contributed by atoms with Crippen molar-refractivity contribution in [1.82, 2.24) is 14.8 Å². The lowest BCUT2D eigenvalue weighted by Gasteiger charge is -2.08. The summed E-state index contributed by atoms with van der Waals surface area (Å²) in [5, 5.41) is 9.41. The summed E-state index contributed by atoms with van der Waals surface area (Å²) >= 11 is 1.76. The molecule has 1 heterocycles. The van der Waals surface area contributed by atoms with E-state index in [9.17, 15) is 0 Å². The number of benzene rings is 1. The molecule has 1 aromatic carbocycles. The average molecular weight is 261 g/mol. The fraction of sp³-hybridized carbons (Fsp3) is 0.429. The van der Waals surface area contributed by atoms with Gasteiger partial charge in [-0.1, -0.05) is 37.7 Å². The summed E-state index contributed by atoms with van der Waals surface area (Å²) in [5.74, 6) is 2.02. The van der Waals surface area contributed by atoms with Crippen LogP contribution in [0.1, 0.15) is 31.7 Å². The van der Waals surface area contributed by atoms with Crippen LogP contribution in [0.2, 0.25) is 0 Å². The molecule has 0 aliphatic rings. The van der Waals surface area contributed by atoms with E-state index in [1.807, 2.05) is 6.92 Å². The van der Waals surface area contributed by atoms with Gasteiger partial charge in [-0.3, -0.25) is 4.57 Å². The van der Waals surface area contributed by atoms with Crippen molar-refractivity contribution in [2.75, 3.05) is 5.75 Å². The van der Waals surface area contributed by atoms with Gasteiger partial charge in [0.05, 0.1) is 0 Å². The predicted molar refractivity (Wildman–Crippen MR) is 76.5 cm³/mol. The molecule has 0 N–H and O–H groups in total. The van der Waals surface area contributed by atoms with Gasteiger partial charge in [0.2, 0.25) is 0 Å². The quantitative estimate of drug-likeness (QED) is 0.770. The number of hydrogen-bond donors (Lipinski definition) is 0. The highest BCUT2D eigenvalue weighted by Crippen LogP contribution is 2.22. The molecule has 4 heteroatoms. The SMILES string of the molecule is CCCSc1nnc(C)n1-c1ccc(CC)cc1. The van der Waals surface area contributed by atoms with Crippen LogP contribution in [0.25, 0.3) is 5.69 Å². The highest BCUT2D eigenvalue weighted by atomic mass is 32.2. The molecule has 0 aliphatic carbocycles.